The number of methoxy groups -OCH3 is 2. The third kappa shape index (κ3) is 4.63. The molecule has 1 fully saturated rings. The van der Waals surface area contributed by atoms with Gasteiger partial charge < -0.3 is 19.1 Å². The van der Waals surface area contributed by atoms with Crippen LogP contribution in [-0.4, -0.2) is 31.4 Å². The van der Waals surface area contributed by atoms with Crippen molar-refractivity contribution < 1.29 is 32.2 Å². The molecule has 0 spiro atoms. The number of ether oxygens (including phenoxy) is 3. The SMILES string of the molecule is CC[C@H]1C[C@H](c2c(OC)cccc2OC)N(Cc2ccc(OC(F)(F)F)cc2)C1=O. The lowest BCUT2D eigenvalue weighted by Gasteiger charge is -2.28. The first-order chi connectivity index (χ1) is 14.3. The summed E-state index contributed by atoms with van der Waals surface area (Å²) in [6.07, 6.45) is -3.44. The van der Waals surface area contributed by atoms with Gasteiger partial charge in [-0.3, -0.25) is 4.79 Å². The summed E-state index contributed by atoms with van der Waals surface area (Å²) in [5, 5.41) is 0. The average molecular weight is 423 g/mol. The number of hydrogen-bond donors (Lipinski definition) is 0. The maximum Gasteiger partial charge on any atom is 0.573 e. The highest BCUT2D eigenvalue weighted by molar-refractivity contribution is 5.82. The molecule has 2 aromatic rings. The van der Waals surface area contributed by atoms with E-state index in [-0.39, 0.29) is 30.2 Å². The molecule has 0 N–H and O–H groups in total. The molecule has 162 valence electrons. The van der Waals surface area contributed by atoms with Crippen molar-refractivity contribution in [3.8, 4) is 17.2 Å². The van der Waals surface area contributed by atoms with Gasteiger partial charge in [0.15, 0.2) is 0 Å². The molecule has 0 radical (unpaired) electrons. The van der Waals surface area contributed by atoms with Crippen LogP contribution in [0.25, 0.3) is 0 Å². The number of carbonyl (C=O) groups excluding carboxylic acids is 1. The molecule has 0 aromatic heterocycles. The van der Waals surface area contributed by atoms with Crippen LogP contribution in [0.2, 0.25) is 0 Å². The van der Waals surface area contributed by atoms with Crippen molar-refractivity contribution in [2.45, 2.75) is 38.7 Å². The number of benzene rings is 2. The number of carbonyl (C=O) groups is 1. The van der Waals surface area contributed by atoms with Crippen LogP contribution >= 0.6 is 0 Å². The summed E-state index contributed by atoms with van der Waals surface area (Å²) >= 11 is 0. The van der Waals surface area contributed by atoms with Gasteiger partial charge in [0.05, 0.1) is 25.8 Å². The summed E-state index contributed by atoms with van der Waals surface area (Å²) in [6.45, 7) is 2.22. The predicted molar refractivity (Wildman–Crippen MR) is 104 cm³/mol. The van der Waals surface area contributed by atoms with Gasteiger partial charge in [0.2, 0.25) is 5.91 Å². The Kier molecular flexibility index (Phi) is 6.43. The molecule has 0 aliphatic carbocycles. The summed E-state index contributed by atoms with van der Waals surface area (Å²) in [5.41, 5.74) is 1.50. The minimum atomic E-state index is -4.74. The monoisotopic (exact) mass is 423 g/mol. The zero-order valence-corrected chi connectivity index (χ0v) is 17.0. The van der Waals surface area contributed by atoms with E-state index in [0.717, 1.165) is 5.56 Å². The summed E-state index contributed by atoms with van der Waals surface area (Å²) in [6, 6.07) is 10.8. The van der Waals surface area contributed by atoms with Gasteiger partial charge >= 0.3 is 6.36 Å². The average Bonchev–Trinajstić information content (AvgIpc) is 3.02. The van der Waals surface area contributed by atoms with Crippen molar-refractivity contribution in [3.63, 3.8) is 0 Å². The zero-order chi connectivity index (χ0) is 21.9. The number of hydrogen-bond acceptors (Lipinski definition) is 4. The first kappa shape index (κ1) is 21.8. The third-order valence-corrected chi connectivity index (χ3v) is 5.32. The molecule has 3 rings (SSSR count). The van der Waals surface area contributed by atoms with Crippen LogP contribution in [0.1, 0.15) is 36.9 Å². The van der Waals surface area contributed by atoms with E-state index in [1.54, 1.807) is 19.1 Å². The molecule has 0 bridgehead atoms. The first-order valence-electron chi connectivity index (χ1n) is 9.63. The van der Waals surface area contributed by atoms with Crippen LogP contribution in [-0.2, 0) is 11.3 Å². The van der Waals surface area contributed by atoms with E-state index >= 15 is 0 Å². The highest BCUT2D eigenvalue weighted by Crippen LogP contribution is 2.46. The van der Waals surface area contributed by atoms with E-state index in [2.05, 4.69) is 4.74 Å². The van der Waals surface area contributed by atoms with Crippen LogP contribution in [0, 0.1) is 5.92 Å². The molecule has 1 heterocycles. The van der Waals surface area contributed by atoms with Gasteiger partial charge in [0.25, 0.3) is 0 Å². The van der Waals surface area contributed by atoms with Crippen LogP contribution < -0.4 is 14.2 Å². The minimum Gasteiger partial charge on any atom is -0.496 e. The highest BCUT2D eigenvalue weighted by Gasteiger charge is 2.41. The zero-order valence-electron chi connectivity index (χ0n) is 17.0. The summed E-state index contributed by atoms with van der Waals surface area (Å²) in [5.74, 6) is 0.822. The fourth-order valence-corrected chi connectivity index (χ4v) is 3.89. The van der Waals surface area contributed by atoms with Crippen molar-refractivity contribution in [1.29, 1.82) is 0 Å². The number of likely N-dealkylation sites (tertiary alicyclic amines) is 1. The molecule has 1 saturated heterocycles. The number of halogens is 3. The Labute approximate surface area is 173 Å². The van der Waals surface area contributed by atoms with Gasteiger partial charge in [-0.2, -0.15) is 0 Å². The van der Waals surface area contributed by atoms with E-state index in [9.17, 15) is 18.0 Å². The smallest absolute Gasteiger partial charge is 0.496 e. The lowest BCUT2D eigenvalue weighted by Crippen LogP contribution is -2.29. The molecule has 0 unspecified atom stereocenters. The fourth-order valence-electron chi connectivity index (χ4n) is 3.89. The molecular weight excluding hydrogens is 399 g/mol. The van der Waals surface area contributed by atoms with E-state index in [0.29, 0.717) is 29.9 Å². The Morgan fingerprint density at radius 2 is 1.63 bits per heavy atom. The number of nitrogens with zero attached hydrogens (tertiary/aromatic N) is 1. The topological polar surface area (TPSA) is 48.0 Å². The Morgan fingerprint density at radius 1 is 1.03 bits per heavy atom. The van der Waals surface area contributed by atoms with E-state index in [4.69, 9.17) is 9.47 Å². The van der Waals surface area contributed by atoms with Gasteiger partial charge in [0.1, 0.15) is 17.2 Å². The molecule has 0 saturated carbocycles. The maximum atomic E-state index is 13.0. The molecule has 5 nitrogen and oxygen atoms in total. The summed E-state index contributed by atoms with van der Waals surface area (Å²) in [7, 11) is 3.13. The number of rotatable bonds is 7. The van der Waals surface area contributed by atoms with Crippen molar-refractivity contribution in [2.24, 2.45) is 5.92 Å². The second kappa shape index (κ2) is 8.85. The maximum absolute atomic E-state index is 13.0. The van der Waals surface area contributed by atoms with E-state index < -0.39 is 6.36 Å². The molecule has 1 aliphatic rings. The fraction of sp³-hybridized carbons (Fsp3) is 0.409. The lowest BCUT2D eigenvalue weighted by atomic mass is 9.96. The van der Waals surface area contributed by atoms with Gasteiger partial charge in [-0.05, 0) is 42.7 Å². The molecule has 30 heavy (non-hydrogen) atoms. The van der Waals surface area contributed by atoms with Crippen molar-refractivity contribution >= 4 is 5.91 Å². The molecule has 2 atom stereocenters. The largest absolute Gasteiger partial charge is 0.573 e. The Hall–Kier alpha value is -2.90. The van der Waals surface area contributed by atoms with Crippen LogP contribution in [0.4, 0.5) is 13.2 Å². The van der Waals surface area contributed by atoms with Crippen LogP contribution in [0.3, 0.4) is 0 Å². The Balaban J connectivity index is 1.91. The Morgan fingerprint density at radius 3 is 2.13 bits per heavy atom. The van der Waals surface area contributed by atoms with E-state index in [1.807, 2.05) is 25.1 Å². The van der Waals surface area contributed by atoms with Gasteiger partial charge in [0, 0.05) is 12.5 Å². The van der Waals surface area contributed by atoms with Crippen LogP contribution in [0.5, 0.6) is 17.2 Å². The molecule has 8 heteroatoms. The summed E-state index contributed by atoms with van der Waals surface area (Å²) in [4.78, 5) is 14.8. The predicted octanol–water partition coefficient (Wildman–Crippen LogP) is 5.10. The molecule has 2 aromatic carbocycles. The van der Waals surface area contributed by atoms with Crippen LogP contribution in [0.15, 0.2) is 42.5 Å². The van der Waals surface area contributed by atoms with Gasteiger partial charge in [-0.1, -0.05) is 25.1 Å². The number of amides is 1. The van der Waals surface area contributed by atoms with Crippen molar-refractivity contribution in [2.75, 3.05) is 14.2 Å². The molecular formula is C22H24F3NO4. The van der Waals surface area contributed by atoms with Gasteiger partial charge in [-0.15, -0.1) is 13.2 Å². The summed E-state index contributed by atoms with van der Waals surface area (Å²) < 4.78 is 52.1. The molecule has 1 aliphatic heterocycles. The lowest BCUT2D eigenvalue weighted by molar-refractivity contribution is -0.274. The third-order valence-electron chi connectivity index (χ3n) is 5.32. The minimum absolute atomic E-state index is 0.00563. The molecule has 1 amide bonds. The normalized spacial score (nSPS) is 19.1. The highest BCUT2D eigenvalue weighted by atomic mass is 19.4. The van der Waals surface area contributed by atoms with Crippen molar-refractivity contribution in [1.82, 2.24) is 4.90 Å². The second-order valence-electron chi connectivity index (χ2n) is 7.09. The quantitative estimate of drug-likeness (QED) is 0.622. The number of alkyl halides is 3. The Bertz CT molecular complexity index is 861. The van der Waals surface area contributed by atoms with Crippen molar-refractivity contribution in [3.05, 3.63) is 53.6 Å². The van der Waals surface area contributed by atoms with E-state index in [1.165, 1.54) is 24.3 Å². The van der Waals surface area contributed by atoms with Gasteiger partial charge in [-0.25, -0.2) is 0 Å². The first-order valence-corrected chi connectivity index (χ1v) is 9.63. The second-order valence-corrected chi connectivity index (χ2v) is 7.09. The standard InChI is InChI=1S/C22H24F3NO4/c1-4-15-12-17(20-18(28-2)6-5-7-19(20)29-3)26(21(15)27)13-14-8-10-16(11-9-14)30-22(23,24)25/h5-11,15,17H,4,12-13H2,1-3H3/t15-,17+/m0/s1.